The van der Waals surface area contributed by atoms with Gasteiger partial charge in [0.1, 0.15) is 22.9 Å². The number of ether oxygens (including phenoxy) is 1. The quantitative estimate of drug-likeness (QED) is 0.405. The molecule has 2 aromatic carbocycles. The SMILES string of the molecule is CCC[C@H]1CC[C@H](c2ccc(C(F)(F)Oc3cc(F)c(C(F)(F)F)c(F)c3)cc2)CC1. The van der Waals surface area contributed by atoms with Crippen molar-refractivity contribution in [1.29, 1.82) is 0 Å². The maximum atomic E-state index is 14.5. The Morgan fingerprint density at radius 3 is 1.90 bits per heavy atom. The van der Waals surface area contributed by atoms with Crippen LogP contribution in [0.4, 0.5) is 30.7 Å². The van der Waals surface area contributed by atoms with Gasteiger partial charge in [0, 0.05) is 12.1 Å². The summed E-state index contributed by atoms with van der Waals surface area (Å²) in [7, 11) is 0. The van der Waals surface area contributed by atoms with Gasteiger partial charge in [-0.2, -0.15) is 22.0 Å². The molecule has 8 heteroatoms. The summed E-state index contributed by atoms with van der Waals surface area (Å²) in [5, 5.41) is 0. The van der Waals surface area contributed by atoms with Crippen molar-refractivity contribution >= 4 is 0 Å². The molecule has 0 N–H and O–H groups in total. The van der Waals surface area contributed by atoms with Crippen LogP contribution in [-0.4, -0.2) is 0 Å². The highest BCUT2D eigenvalue weighted by atomic mass is 19.4. The van der Waals surface area contributed by atoms with Crippen molar-refractivity contribution in [2.24, 2.45) is 5.92 Å². The van der Waals surface area contributed by atoms with Gasteiger partial charge < -0.3 is 4.74 Å². The molecule has 1 aliphatic carbocycles. The van der Waals surface area contributed by atoms with Crippen LogP contribution < -0.4 is 4.74 Å². The van der Waals surface area contributed by atoms with Gasteiger partial charge in [-0.15, -0.1) is 0 Å². The first-order valence-electron chi connectivity index (χ1n) is 10.2. The fraction of sp³-hybridized carbons (Fsp3) is 0.478. The average Bonchev–Trinajstić information content (AvgIpc) is 2.67. The van der Waals surface area contributed by atoms with Gasteiger partial charge in [0.25, 0.3) is 0 Å². The lowest BCUT2D eigenvalue weighted by molar-refractivity contribution is -0.185. The third kappa shape index (κ3) is 5.52. The molecule has 0 aliphatic heterocycles. The molecule has 0 unspecified atom stereocenters. The van der Waals surface area contributed by atoms with Crippen LogP contribution in [0.3, 0.4) is 0 Å². The van der Waals surface area contributed by atoms with Gasteiger partial charge in [-0.05, 0) is 55.2 Å². The van der Waals surface area contributed by atoms with Crippen molar-refractivity contribution in [3.05, 3.63) is 64.7 Å². The maximum Gasteiger partial charge on any atom is 0.426 e. The van der Waals surface area contributed by atoms with Gasteiger partial charge in [-0.25, -0.2) is 8.78 Å². The second kappa shape index (κ2) is 9.09. The molecule has 170 valence electrons. The first-order chi connectivity index (χ1) is 14.5. The Kier molecular flexibility index (Phi) is 6.86. The van der Waals surface area contributed by atoms with Gasteiger partial charge in [-0.3, -0.25) is 0 Å². The Bertz CT molecular complexity index is 859. The molecule has 0 amide bonds. The first kappa shape index (κ1) is 23.4. The van der Waals surface area contributed by atoms with Crippen molar-refractivity contribution in [2.45, 2.75) is 63.7 Å². The zero-order chi connectivity index (χ0) is 22.8. The Morgan fingerprint density at radius 1 is 0.871 bits per heavy atom. The van der Waals surface area contributed by atoms with Crippen molar-refractivity contribution in [1.82, 2.24) is 0 Å². The summed E-state index contributed by atoms with van der Waals surface area (Å²) in [6, 6.07) is 5.69. The van der Waals surface area contributed by atoms with E-state index in [1.807, 2.05) is 0 Å². The molecular formula is C23H23F7O. The van der Waals surface area contributed by atoms with Gasteiger partial charge in [0.15, 0.2) is 0 Å². The minimum Gasteiger partial charge on any atom is -0.429 e. The van der Waals surface area contributed by atoms with E-state index in [0.29, 0.717) is 5.92 Å². The number of hydrogen-bond acceptors (Lipinski definition) is 1. The molecule has 1 aliphatic rings. The molecule has 0 bridgehead atoms. The monoisotopic (exact) mass is 448 g/mol. The van der Waals surface area contributed by atoms with Crippen molar-refractivity contribution in [2.75, 3.05) is 0 Å². The van der Waals surface area contributed by atoms with Crippen LogP contribution in [-0.2, 0) is 12.3 Å². The predicted molar refractivity (Wildman–Crippen MR) is 102 cm³/mol. The van der Waals surface area contributed by atoms with Gasteiger partial charge in [0.05, 0.1) is 5.56 Å². The summed E-state index contributed by atoms with van der Waals surface area (Å²) in [5.74, 6) is -4.08. The number of rotatable bonds is 6. The van der Waals surface area contributed by atoms with E-state index >= 15 is 0 Å². The fourth-order valence-electron chi connectivity index (χ4n) is 4.23. The van der Waals surface area contributed by atoms with Gasteiger partial charge in [-0.1, -0.05) is 31.9 Å². The Hall–Kier alpha value is -2.25. The van der Waals surface area contributed by atoms with Crippen molar-refractivity contribution in [3.8, 4) is 5.75 Å². The molecule has 1 fully saturated rings. The highest BCUT2D eigenvalue weighted by Gasteiger charge is 2.40. The third-order valence-electron chi connectivity index (χ3n) is 5.81. The lowest BCUT2D eigenvalue weighted by Crippen LogP contribution is -2.22. The summed E-state index contributed by atoms with van der Waals surface area (Å²) >= 11 is 0. The topological polar surface area (TPSA) is 9.23 Å². The van der Waals surface area contributed by atoms with E-state index in [4.69, 9.17) is 0 Å². The maximum absolute atomic E-state index is 14.5. The first-order valence-corrected chi connectivity index (χ1v) is 10.2. The molecule has 0 spiro atoms. The van der Waals surface area contributed by atoms with Crippen LogP contribution in [0, 0.1) is 17.6 Å². The highest BCUT2D eigenvalue weighted by Crippen LogP contribution is 2.40. The number of alkyl halides is 5. The molecule has 3 rings (SSSR count). The molecule has 0 aromatic heterocycles. The largest absolute Gasteiger partial charge is 0.429 e. The van der Waals surface area contributed by atoms with Crippen LogP contribution in [0.15, 0.2) is 36.4 Å². The van der Waals surface area contributed by atoms with E-state index in [1.54, 1.807) is 12.1 Å². The lowest BCUT2D eigenvalue weighted by atomic mass is 9.77. The van der Waals surface area contributed by atoms with E-state index in [2.05, 4.69) is 11.7 Å². The highest BCUT2D eigenvalue weighted by molar-refractivity contribution is 5.34. The standard InChI is InChI=1S/C23H23F7O/c1-2-3-14-4-6-15(7-5-14)16-8-10-17(11-9-16)23(29,30)31-18-12-19(24)21(20(25)13-18)22(26,27)28/h8-15H,2-7H2,1H3/t14-,15-. The molecule has 0 atom stereocenters. The second-order valence-corrected chi connectivity index (χ2v) is 8.01. The summed E-state index contributed by atoms with van der Waals surface area (Å²) in [6.45, 7) is 2.15. The molecular weight excluding hydrogens is 425 g/mol. The van der Waals surface area contributed by atoms with E-state index in [1.165, 1.54) is 18.6 Å². The normalized spacial score (nSPS) is 20.0. The van der Waals surface area contributed by atoms with Gasteiger partial charge in [0.2, 0.25) is 0 Å². The average molecular weight is 448 g/mol. The minimum atomic E-state index is -5.29. The molecule has 0 saturated heterocycles. The second-order valence-electron chi connectivity index (χ2n) is 8.01. The molecule has 1 saturated carbocycles. The smallest absolute Gasteiger partial charge is 0.426 e. The lowest BCUT2D eigenvalue weighted by Gasteiger charge is -2.29. The molecule has 1 nitrogen and oxygen atoms in total. The van der Waals surface area contributed by atoms with Crippen LogP contribution in [0.25, 0.3) is 0 Å². The summed E-state index contributed by atoms with van der Waals surface area (Å²) in [6.07, 6.45) is -2.75. The molecule has 31 heavy (non-hydrogen) atoms. The Balaban J connectivity index is 1.71. The van der Waals surface area contributed by atoms with E-state index in [9.17, 15) is 30.7 Å². The molecule has 0 radical (unpaired) electrons. The summed E-state index contributed by atoms with van der Waals surface area (Å²) in [5.41, 5.74) is -1.78. The zero-order valence-corrected chi connectivity index (χ0v) is 16.9. The van der Waals surface area contributed by atoms with Crippen LogP contribution in [0.5, 0.6) is 5.75 Å². The number of hydrogen-bond donors (Lipinski definition) is 0. The predicted octanol–water partition coefficient (Wildman–Crippen LogP) is 8.19. The van der Waals surface area contributed by atoms with Crippen LogP contribution in [0.2, 0.25) is 0 Å². The molecule has 0 heterocycles. The van der Waals surface area contributed by atoms with Crippen molar-refractivity contribution in [3.63, 3.8) is 0 Å². The van der Waals surface area contributed by atoms with Crippen molar-refractivity contribution < 1.29 is 35.5 Å². The number of halogens is 7. The van der Waals surface area contributed by atoms with Crippen LogP contribution in [0.1, 0.15) is 68.1 Å². The van der Waals surface area contributed by atoms with E-state index < -0.39 is 40.8 Å². The van der Waals surface area contributed by atoms with Gasteiger partial charge >= 0.3 is 12.3 Å². The van der Waals surface area contributed by atoms with E-state index in [-0.39, 0.29) is 18.1 Å². The molecule has 2 aromatic rings. The zero-order valence-electron chi connectivity index (χ0n) is 16.9. The Labute approximate surface area is 176 Å². The third-order valence-corrected chi connectivity index (χ3v) is 5.81. The number of benzene rings is 2. The fourth-order valence-corrected chi connectivity index (χ4v) is 4.23. The van der Waals surface area contributed by atoms with Crippen LogP contribution >= 0.6 is 0 Å². The summed E-state index contributed by atoms with van der Waals surface area (Å²) < 4.78 is 98.4. The Morgan fingerprint density at radius 2 is 1.42 bits per heavy atom. The summed E-state index contributed by atoms with van der Waals surface area (Å²) in [4.78, 5) is 0. The minimum absolute atomic E-state index is 0.100. The van der Waals surface area contributed by atoms with E-state index in [0.717, 1.165) is 37.7 Å².